The van der Waals surface area contributed by atoms with E-state index in [1.807, 2.05) is 13.8 Å². The van der Waals surface area contributed by atoms with E-state index in [9.17, 15) is 14.4 Å². The van der Waals surface area contributed by atoms with E-state index in [0.717, 1.165) is 0 Å². The number of carbonyl (C=O) groups is 3. The molecule has 28 heavy (non-hydrogen) atoms. The largest absolute Gasteiger partial charge is 0.355 e. The lowest BCUT2D eigenvalue weighted by Crippen LogP contribution is -2.47. The van der Waals surface area contributed by atoms with Crippen LogP contribution in [0.2, 0.25) is 5.02 Å². The maximum Gasteiger partial charge on any atom is 0.251 e. The average Bonchev–Trinajstić information content (AvgIpc) is 2.71. The van der Waals surface area contributed by atoms with E-state index in [0.29, 0.717) is 28.3 Å². The molecule has 0 radical (unpaired) electrons. The highest BCUT2D eigenvalue weighted by atomic mass is 35.5. The number of benzene rings is 2. The lowest BCUT2D eigenvalue weighted by Gasteiger charge is -2.23. The van der Waals surface area contributed by atoms with Crippen LogP contribution >= 0.6 is 11.6 Å². The Kier molecular flexibility index (Phi) is 7.58. The molecule has 7 heteroatoms. The lowest BCUT2D eigenvalue weighted by molar-refractivity contribution is -0.119. The van der Waals surface area contributed by atoms with Gasteiger partial charge >= 0.3 is 0 Å². The van der Waals surface area contributed by atoms with Crippen LogP contribution < -0.4 is 16.0 Å². The fourth-order valence-corrected chi connectivity index (χ4v) is 2.76. The van der Waals surface area contributed by atoms with Gasteiger partial charge in [-0.25, -0.2) is 0 Å². The third-order valence-corrected chi connectivity index (χ3v) is 4.76. The Bertz CT molecular complexity index is 852. The van der Waals surface area contributed by atoms with Gasteiger partial charge in [-0.1, -0.05) is 37.9 Å². The van der Waals surface area contributed by atoms with E-state index >= 15 is 0 Å². The van der Waals surface area contributed by atoms with Gasteiger partial charge in [-0.3, -0.25) is 14.4 Å². The summed E-state index contributed by atoms with van der Waals surface area (Å²) in [6, 6.07) is 12.4. The second-order valence-electron chi connectivity index (χ2n) is 6.49. The summed E-state index contributed by atoms with van der Waals surface area (Å²) in [6.07, 6.45) is 0.706. The van der Waals surface area contributed by atoms with Gasteiger partial charge in [0.15, 0.2) is 0 Å². The Balaban J connectivity index is 2.16. The lowest BCUT2D eigenvalue weighted by atomic mass is 9.97. The van der Waals surface area contributed by atoms with Gasteiger partial charge in [-0.05, 0) is 48.4 Å². The van der Waals surface area contributed by atoms with Gasteiger partial charge in [-0.2, -0.15) is 0 Å². The van der Waals surface area contributed by atoms with Crippen molar-refractivity contribution < 1.29 is 14.4 Å². The molecule has 0 fully saturated rings. The second-order valence-corrected chi connectivity index (χ2v) is 6.93. The van der Waals surface area contributed by atoms with Crippen LogP contribution in [0, 0.1) is 5.92 Å². The molecule has 0 aliphatic carbocycles. The number of halogens is 1. The molecule has 3 amide bonds. The molecule has 0 aromatic heterocycles. The van der Waals surface area contributed by atoms with Gasteiger partial charge in [0.05, 0.1) is 0 Å². The van der Waals surface area contributed by atoms with Gasteiger partial charge in [0.25, 0.3) is 11.8 Å². The van der Waals surface area contributed by atoms with Crippen molar-refractivity contribution in [1.29, 1.82) is 0 Å². The molecule has 6 nitrogen and oxygen atoms in total. The molecule has 0 saturated heterocycles. The normalized spacial score (nSPS) is 12.6. The molecule has 2 aromatic rings. The summed E-state index contributed by atoms with van der Waals surface area (Å²) < 4.78 is 0. The zero-order valence-electron chi connectivity index (χ0n) is 16.1. The van der Waals surface area contributed by atoms with E-state index in [4.69, 9.17) is 11.6 Å². The minimum Gasteiger partial charge on any atom is -0.355 e. The standard InChI is InChI=1S/C21H24ClN3O3/c1-4-13(2)18(25-20(27)14-8-10-16(22)11-9-14)21(28)24-17-7-5-6-15(12-17)19(26)23-3/h5-13,18H,4H2,1-3H3,(H,23,26)(H,24,28)(H,25,27). The Morgan fingerprint density at radius 1 is 1.00 bits per heavy atom. The maximum absolute atomic E-state index is 12.8. The summed E-state index contributed by atoms with van der Waals surface area (Å²) >= 11 is 5.86. The molecule has 3 N–H and O–H groups in total. The van der Waals surface area contributed by atoms with Crippen molar-refractivity contribution in [2.24, 2.45) is 5.92 Å². The van der Waals surface area contributed by atoms with Crippen molar-refractivity contribution in [1.82, 2.24) is 10.6 Å². The second kappa shape index (κ2) is 9.90. The molecule has 0 aliphatic heterocycles. The highest BCUT2D eigenvalue weighted by Gasteiger charge is 2.26. The smallest absolute Gasteiger partial charge is 0.251 e. The average molecular weight is 402 g/mol. The molecule has 0 bridgehead atoms. The minimum absolute atomic E-state index is 0.0848. The van der Waals surface area contributed by atoms with Crippen LogP contribution in [0.4, 0.5) is 5.69 Å². The van der Waals surface area contributed by atoms with Crippen LogP contribution in [0.1, 0.15) is 41.0 Å². The third-order valence-electron chi connectivity index (χ3n) is 4.51. The van der Waals surface area contributed by atoms with E-state index in [2.05, 4.69) is 16.0 Å². The van der Waals surface area contributed by atoms with Crippen LogP contribution in [0.3, 0.4) is 0 Å². The number of nitrogens with one attached hydrogen (secondary N) is 3. The molecule has 2 unspecified atom stereocenters. The van der Waals surface area contributed by atoms with E-state index in [-0.39, 0.29) is 23.6 Å². The third kappa shape index (κ3) is 5.57. The number of amides is 3. The van der Waals surface area contributed by atoms with Crippen molar-refractivity contribution in [3.63, 3.8) is 0 Å². The quantitative estimate of drug-likeness (QED) is 0.663. The first kappa shape index (κ1) is 21.4. The van der Waals surface area contributed by atoms with Crippen LogP contribution in [-0.2, 0) is 4.79 Å². The first-order valence-corrected chi connectivity index (χ1v) is 9.43. The SMILES string of the molecule is CCC(C)C(NC(=O)c1ccc(Cl)cc1)C(=O)Nc1cccc(C(=O)NC)c1. The molecule has 2 atom stereocenters. The summed E-state index contributed by atoms with van der Waals surface area (Å²) in [5.74, 6) is -1.02. The number of hydrogen-bond acceptors (Lipinski definition) is 3. The zero-order valence-corrected chi connectivity index (χ0v) is 16.8. The summed E-state index contributed by atoms with van der Waals surface area (Å²) in [6.45, 7) is 3.85. The van der Waals surface area contributed by atoms with E-state index < -0.39 is 6.04 Å². The summed E-state index contributed by atoms with van der Waals surface area (Å²) in [7, 11) is 1.54. The first-order chi connectivity index (χ1) is 13.3. The van der Waals surface area contributed by atoms with Gasteiger partial charge < -0.3 is 16.0 Å². The Labute approximate surface area is 169 Å². The number of anilines is 1. The van der Waals surface area contributed by atoms with E-state index in [1.165, 1.54) is 0 Å². The molecule has 0 aliphatic rings. The number of hydrogen-bond donors (Lipinski definition) is 3. The molecule has 2 rings (SSSR count). The minimum atomic E-state index is -0.725. The Morgan fingerprint density at radius 2 is 1.68 bits per heavy atom. The van der Waals surface area contributed by atoms with Gasteiger partial charge in [0, 0.05) is 28.9 Å². The van der Waals surface area contributed by atoms with Crippen molar-refractivity contribution in [2.75, 3.05) is 12.4 Å². The Morgan fingerprint density at radius 3 is 2.29 bits per heavy atom. The van der Waals surface area contributed by atoms with Crippen LogP contribution in [0.15, 0.2) is 48.5 Å². The predicted molar refractivity (Wildman–Crippen MR) is 111 cm³/mol. The molecular weight excluding hydrogens is 378 g/mol. The van der Waals surface area contributed by atoms with Gasteiger partial charge in [-0.15, -0.1) is 0 Å². The maximum atomic E-state index is 12.8. The van der Waals surface area contributed by atoms with Crippen LogP contribution in [0.25, 0.3) is 0 Å². The number of carbonyl (C=O) groups excluding carboxylic acids is 3. The molecule has 0 spiro atoms. The predicted octanol–water partition coefficient (Wildman–Crippen LogP) is 3.48. The summed E-state index contributed by atoms with van der Waals surface area (Å²) in [5.41, 5.74) is 1.35. The first-order valence-electron chi connectivity index (χ1n) is 9.05. The highest BCUT2D eigenvalue weighted by Crippen LogP contribution is 2.16. The van der Waals surface area contributed by atoms with Gasteiger partial charge in [0.1, 0.15) is 6.04 Å². The van der Waals surface area contributed by atoms with E-state index in [1.54, 1.807) is 55.6 Å². The monoisotopic (exact) mass is 401 g/mol. The molecular formula is C21H24ClN3O3. The van der Waals surface area contributed by atoms with Crippen LogP contribution in [0.5, 0.6) is 0 Å². The summed E-state index contributed by atoms with van der Waals surface area (Å²) in [5, 5.41) is 8.66. The fraction of sp³-hybridized carbons (Fsp3) is 0.286. The van der Waals surface area contributed by atoms with Crippen LogP contribution in [-0.4, -0.2) is 30.8 Å². The molecule has 0 saturated carbocycles. The molecule has 148 valence electrons. The molecule has 0 heterocycles. The topological polar surface area (TPSA) is 87.3 Å². The van der Waals surface area contributed by atoms with Gasteiger partial charge in [0.2, 0.25) is 5.91 Å². The fourth-order valence-electron chi connectivity index (χ4n) is 2.63. The zero-order chi connectivity index (χ0) is 20.7. The highest BCUT2D eigenvalue weighted by molar-refractivity contribution is 6.30. The Hall–Kier alpha value is -2.86. The van der Waals surface area contributed by atoms with Crippen molar-refractivity contribution in [2.45, 2.75) is 26.3 Å². The summed E-state index contributed by atoms with van der Waals surface area (Å²) in [4.78, 5) is 37.2. The van der Waals surface area contributed by atoms with Crippen molar-refractivity contribution in [3.05, 3.63) is 64.7 Å². The molecule has 2 aromatic carbocycles. The van der Waals surface area contributed by atoms with Crippen molar-refractivity contribution in [3.8, 4) is 0 Å². The van der Waals surface area contributed by atoms with Crippen molar-refractivity contribution >= 4 is 35.0 Å². The number of rotatable bonds is 7.